The highest BCUT2D eigenvalue weighted by molar-refractivity contribution is 5.87. The lowest BCUT2D eigenvalue weighted by molar-refractivity contribution is -0.274. The molecule has 1 saturated heterocycles. The predicted octanol–water partition coefficient (Wildman–Crippen LogP) is 1.00. The first kappa shape index (κ1) is 19.5. The molecule has 1 aliphatic heterocycles. The topological polar surface area (TPSA) is 123 Å². The van der Waals surface area contributed by atoms with E-state index in [0.29, 0.717) is 16.8 Å². The lowest BCUT2D eigenvalue weighted by Gasteiger charge is -2.16. The molecule has 0 bridgehead atoms. The molecule has 1 aliphatic rings. The fourth-order valence-electron chi connectivity index (χ4n) is 3.17. The first-order valence-corrected chi connectivity index (χ1v) is 8.44. The Morgan fingerprint density at radius 3 is 2.41 bits per heavy atom. The van der Waals surface area contributed by atoms with Crippen LogP contribution in [0.3, 0.4) is 0 Å². The first-order valence-electron chi connectivity index (χ1n) is 8.44. The van der Waals surface area contributed by atoms with E-state index in [-0.39, 0.29) is 11.4 Å². The van der Waals surface area contributed by atoms with Crippen molar-refractivity contribution in [2.24, 2.45) is 0 Å². The maximum Gasteiger partial charge on any atom is 0.573 e. The van der Waals surface area contributed by atoms with Crippen LogP contribution in [-0.2, 0) is 4.74 Å². The van der Waals surface area contributed by atoms with Crippen LogP contribution < -0.4 is 4.74 Å². The third-order valence-corrected chi connectivity index (χ3v) is 4.51. The standard InChI is InChI=1S/C17H15F3N4O5/c18-17(19,20)29-9-3-1-8(2-4-9)11-12-15(22-6-21-11)24(7-23-12)16-14(27)13(26)10(5-25)28-16/h1-4,6-7,10,13-14,16,25-27H,5H2/t10-,13-,14-,16?/m1/s1. The van der Waals surface area contributed by atoms with Gasteiger partial charge in [0.15, 0.2) is 11.9 Å². The Bertz CT molecular complexity index is 1010. The number of imidazole rings is 1. The molecule has 0 spiro atoms. The van der Waals surface area contributed by atoms with E-state index in [2.05, 4.69) is 19.7 Å². The first-order chi connectivity index (χ1) is 13.8. The Kier molecular flexibility index (Phi) is 4.86. The number of rotatable bonds is 4. The number of benzene rings is 1. The summed E-state index contributed by atoms with van der Waals surface area (Å²) >= 11 is 0. The molecule has 0 saturated carbocycles. The summed E-state index contributed by atoms with van der Waals surface area (Å²) in [5.41, 5.74) is 1.41. The highest BCUT2D eigenvalue weighted by atomic mass is 19.4. The highest BCUT2D eigenvalue weighted by Crippen LogP contribution is 2.33. The molecule has 0 amide bonds. The number of aromatic nitrogens is 4. The zero-order chi connectivity index (χ0) is 20.8. The van der Waals surface area contributed by atoms with Crippen LogP contribution >= 0.6 is 0 Å². The summed E-state index contributed by atoms with van der Waals surface area (Å²) in [5, 5.41) is 29.4. The summed E-state index contributed by atoms with van der Waals surface area (Å²) in [4.78, 5) is 12.5. The second-order valence-corrected chi connectivity index (χ2v) is 6.35. The van der Waals surface area contributed by atoms with Crippen molar-refractivity contribution in [3.8, 4) is 17.0 Å². The minimum Gasteiger partial charge on any atom is -0.406 e. The number of hydrogen-bond donors (Lipinski definition) is 3. The number of aliphatic hydroxyl groups excluding tert-OH is 3. The van der Waals surface area contributed by atoms with E-state index in [9.17, 15) is 28.5 Å². The molecule has 12 heteroatoms. The molecule has 2 aromatic heterocycles. The zero-order valence-corrected chi connectivity index (χ0v) is 14.6. The van der Waals surface area contributed by atoms with Gasteiger partial charge in [-0.05, 0) is 24.3 Å². The van der Waals surface area contributed by atoms with Gasteiger partial charge in [-0.3, -0.25) is 4.57 Å². The van der Waals surface area contributed by atoms with Gasteiger partial charge in [-0.15, -0.1) is 13.2 Å². The van der Waals surface area contributed by atoms with Crippen molar-refractivity contribution in [2.45, 2.75) is 30.9 Å². The predicted molar refractivity (Wildman–Crippen MR) is 90.5 cm³/mol. The number of hydrogen-bond acceptors (Lipinski definition) is 8. The van der Waals surface area contributed by atoms with E-state index in [1.807, 2.05) is 0 Å². The number of halogens is 3. The van der Waals surface area contributed by atoms with Gasteiger partial charge >= 0.3 is 6.36 Å². The van der Waals surface area contributed by atoms with Crippen LogP contribution in [0, 0.1) is 0 Å². The fraction of sp³-hybridized carbons (Fsp3) is 0.353. The Hall–Kier alpha value is -2.80. The van der Waals surface area contributed by atoms with E-state index in [1.165, 1.54) is 29.4 Å². The lowest BCUT2D eigenvalue weighted by Crippen LogP contribution is -2.33. The van der Waals surface area contributed by atoms with Crippen molar-refractivity contribution < 1.29 is 38.0 Å². The van der Waals surface area contributed by atoms with E-state index < -0.39 is 37.5 Å². The normalized spacial score (nSPS) is 24.9. The highest BCUT2D eigenvalue weighted by Gasteiger charge is 2.44. The van der Waals surface area contributed by atoms with Crippen LogP contribution in [0.1, 0.15) is 6.23 Å². The SMILES string of the molecule is OC[C@H]1OC(n2cnc3c(-c4ccc(OC(F)(F)F)cc4)ncnc32)[C@H](O)[C@@H]1O. The Morgan fingerprint density at radius 2 is 1.79 bits per heavy atom. The fourth-order valence-corrected chi connectivity index (χ4v) is 3.17. The van der Waals surface area contributed by atoms with Gasteiger partial charge in [0.2, 0.25) is 0 Å². The molecule has 0 radical (unpaired) electrons. The van der Waals surface area contributed by atoms with E-state index in [4.69, 9.17) is 4.74 Å². The van der Waals surface area contributed by atoms with Gasteiger partial charge in [0.25, 0.3) is 0 Å². The Morgan fingerprint density at radius 1 is 1.07 bits per heavy atom. The third-order valence-electron chi connectivity index (χ3n) is 4.51. The maximum atomic E-state index is 12.3. The molecule has 29 heavy (non-hydrogen) atoms. The van der Waals surface area contributed by atoms with Crippen molar-refractivity contribution in [2.75, 3.05) is 6.61 Å². The molecular weight excluding hydrogens is 397 g/mol. The minimum absolute atomic E-state index is 0.278. The summed E-state index contributed by atoms with van der Waals surface area (Å²) in [6.45, 7) is -0.478. The second-order valence-electron chi connectivity index (χ2n) is 6.35. The molecule has 9 nitrogen and oxygen atoms in total. The second kappa shape index (κ2) is 7.22. The van der Waals surface area contributed by atoms with Gasteiger partial charge in [0.1, 0.15) is 41.6 Å². The van der Waals surface area contributed by atoms with Crippen LogP contribution in [0.2, 0.25) is 0 Å². The van der Waals surface area contributed by atoms with Crippen LogP contribution in [0.25, 0.3) is 22.4 Å². The lowest BCUT2D eigenvalue weighted by atomic mass is 10.1. The van der Waals surface area contributed by atoms with Crippen molar-refractivity contribution in [1.82, 2.24) is 19.5 Å². The summed E-state index contributed by atoms with van der Waals surface area (Å²) in [6, 6.07) is 5.10. The Labute approximate surface area is 161 Å². The van der Waals surface area contributed by atoms with Crippen LogP contribution in [0.15, 0.2) is 36.9 Å². The number of alkyl halides is 3. The molecule has 3 N–H and O–H groups in total. The van der Waals surface area contributed by atoms with E-state index >= 15 is 0 Å². The average Bonchev–Trinajstić information content (AvgIpc) is 3.22. The Balaban J connectivity index is 1.68. The molecule has 4 atom stereocenters. The summed E-state index contributed by atoms with van der Waals surface area (Å²) < 4.78 is 47.7. The van der Waals surface area contributed by atoms with Crippen LogP contribution in [-0.4, -0.2) is 66.1 Å². The summed E-state index contributed by atoms with van der Waals surface area (Å²) in [5.74, 6) is -0.372. The largest absolute Gasteiger partial charge is 0.573 e. The van der Waals surface area contributed by atoms with Gasteiger partial charge in [-0.2, -0.15) is 0 Å². The zero-order valence-electron chi connectivity index (χ0n) is 14.6. The molecule has 154 valence electrons. The molecule has 0 aliphatic carbocycles. The van der Waals surface area contributed by atoms with E-state index in [1.54, 1.807) is 0 Å². The molecular formula is C17H15F3N4O5. The van der Waals surface area contributed by atoms with Gasteiger partial charge < -0.3 is 24.8 Å². The van der Waals surface area contributed by atoms with E-state index in [0.717, 1.165) is 12.1 Å². The molecule has 1 aromatic carbocycles. The van der Waals surface area contributed by atoms with Gasteiger partial charge in [0, 0.05) is 5.56 Å². The summed E-state index contributed by atoms with van der Waals surface area (Å²) in [6.07, 6.45) is -6.82. The smallest absolute Gasteiger partial charge is 0.406 e. The van der Waals surface area contributed by atoms with Crippen LogP contribution in [0.4, 0.5) is 13.2 Å². The molecule has 1 fully saturated rings. The van der Waals surface area contributed by atoms with Crippen molar-refractivity contribution in [1.29, 1.82) is 0 Å². The molecule has 1 unspecified atom stereocenters. The van der Waals surface area contributed by atoms with Crippen molar-refractivity contribution >= 4 is 11.2 Å². The average molecular weight is 412 g/mol. The summed E-state index contributed by atoms with van der Waals surface area (Å²) in [7, 11) is 0. The maximum absolute atomic E-state index is 12.3. The molecule has 3 heterocycles. The third kappa shape index (κ3) is 3.62. The number of aliphatic hydroxyl groups is 3. The molecule has 4 rings (SSSR count). The minimum atomic E-state index is -4.79. The number of ether oxygens (including phenoxy) is 2. The van der Waals surface area contributed by atoms with Gasteiger partial charge in [0.05, 0.1) is 12.9 Å². The quantitative estimate of drug-likeness (QED) is 0.580. The van der Waals surface area contributed by atoms with Gasteiger partial charge in [-0.1, -0.05) is 0 Å². The van der Waals surface area contributed by atoms with Gasteiger partial charge in [-0.25, -0.2) is 15.0 Å². The monoisotopic (exact) mass is 412 g/mol. The molecule has 3 aromatic rings. The van der Waals surface area contributed by atoms with Crippen LogP contribution in [0.5, 0.6) is 5.75 Å². The van der Waals surface area contributed by atoms with Crippen molar-refractivity contribution in [3.63, 3.8) is 0 Å². The van der Waals surface area contributed by atoms with Crippen molar-refractivity contribution in [3.05, 3.63) is 36.9 Å². The number of nitrogens with zero attached hydrogens (tertiary/aromatic N) is 4. The number of fused-ring (bicyclic) bond motifs is 1.